The highest BCUT2D eigenvalue weighted by Gasteiger charge is 2.52. The van der Waals surface area contributed by atoms with E-state index < -0.39 is 0 Å². The highest BCUT2D eigenvalue weighted by atomic mass is 16.3. The number of aliphatic hydroxyl groups is 1. The van der Waals surface area contributed by atoms with E-state index >= 15 is 0 Å². The number of nitrogens with zero attached hydrogens (tertiary/aromatic N) is 1. The van der Waals surface area contributed by atoms with Crippen LogP contribution in [-0.4, -0.2) is 34.7 Å². The Bertz CT molecular complexity index is 295. The van der Waals surface area contributed by atoms with Gasteiger partial charge >= 0.3 is 0 Å². The van der Waals surface area contributed by atoms with Gasteiger partial charge < -0.3 is 5.11 Å². The van der Waals surface area contributed by atoms with Gasteiger partial charge in [-0.3, -0.25) is 4.90 Å². The highest BCUT2D eigenvalue weighted by Crippen LogP contribution is 2.47. The van der Waals surface area contributed by atoms with Gasteiger partial charge in [0.2, 0.25) is 0 Å². The standard InChI is InChI=1S/C16H29NO/c1-12-9-13(2)11-14(10-12)16(18)6-8-17-7-4-3-5-15(16)17/h12-15,18H,3-11H2,1-2H3. The summed E-state index contributed by atoms with van der Waals surface area (Å²) >= 11 is 0. The Kier molecular flexibility index (Phi) is 3.44. The lowest BCUT2D eigenvalue weighted by Crippen LogP contribution is -2.52. The molecule has 3 fully saturated rings. The van der Waals surface area contributed by atoms with E-state index in [4.69, 9.17) is 0 Å². The summed E-state index contributed by atoms with van der Waals surface area (Å²) in [5.74, 6) is 2.17. The third-order valence-electron chi connectivity index (χ3n) is 5.88. The minimum absolute atomic E-state index is 0.358. The number of hydrogen-bond acceptors (Lipinski definition) is 2. The maximum atomic E-state index is 11.3. The summed E-state index contributed by atoms with van der Waals surface area (Å²) in [7, 11) is 0. The van der Waals surface area contributed by atoms with E-state index in [-0.39, 0.29) is 5.60 Å². The van der Waals surface area contributed by atoms with Crippen molar-refractivity contribution in [2.75, 3.05) is 13.1 Å². The average molecular weight is 251 g/mol. The van der Waals surface area contributed by atoms with Crippen molar-refractivity contribution >= 4 is 0 Å². The van der Waals surface area contributed by atoms with Gasteiger partial charge in [0.25, 0.3) is 0 Å². The summed E-state index contributed by atoms with van der Waals surface area (Å²) in [6.07, 6.45) is 8.79. The predicted molar refractivity (Wildman–Crippen MR) is 74.4 cm³/mol. The van der Waals surface area contributed by atoms with Gasteiger partial charge in [-0.1, -0.05) is 20.3 Å². The number of hydrogen-bond donors (Lipinski definition) is 1. The van der Waals surface area contributed by atoms with Gasteiger partial charge in [0.05, 0.1) is 5.60 Å². The molecule has 0 aromatic carbocycles. The molecule has 0 aromatic heterocycles. The van der Waals surface area contributed by atoms with E-state index in [0.717, 1.165) is 24.8 Å². The van der Waals surface area contributed by atoms with Gasteiger partial charge in [0, 0.05) is 12.6 Å². The minimum atomic E-state index is -0.358. The first kappa shape index (κ1) is 12.9. The lowest BCUT2D eigenvalue weighted by atomic mass is 9.66. The summed E-state index contributed by atoms with van der Waals surface area (Å²) in [6, 6.07) is 0.480. The van der Waals surface area contributed by atoms with Gasteiger partial charge in [-0.15, -0.1) is 0 Å². The van der Waals surface area contributed by atoms with Crippen molar-refractivity contribution in [3.05, 3.63) is 0 Å². The van der Waals surface area contributed by atoms with Crippen molar-refractivity contribution in [1.29, 1.82) is 0 Å². The highest BCUT2D eigenvalue weighted by molar-refractivity contribution is 5.05. The van der Waals surface area contributed by atoms with Crippen LogP contribution in [0.15, 0.2) is 0 Å². The van der Waals surface area contributed by atoms with E-state index in [9.17, 15) is 5.11 Å². The van der Waals surface area contributed by atoms with E-state index in [1.54, 1.807) is 0 Å². The fraction of sp³-hybridized carbons (Fsp3) is 1.00. The van der Waals surface area contributed by atoms with E-state index in [2.05, 4.69) is 18.7 Å². The molecule has 104 valence electrons. The number of piperidine rings is 1. The Hall–Kier alpha value is -0.0800. The van der Waals surface area contributed by atoms with Gasteiger partial charge in [0.15, 0.2) is 0 Å². The molecule has 0 bridgehead atoms. The molecule has 2 aliphatic heterocycles. The average Bonchev–Trinajstić information content (AvgIpc) is 2.68. The van der Waals surface area contributed by atoms with Crippen LogP contribution < -0.4 is 0 Å². The molecule has 4 unspecified atom stereocenters. The van der Waals surface area contributed by atoms with Crippen LogP contribution in [0.4, 0.5) is 0 Å². The molecule has 2 heteroatoms. The normalized spacial score (nSPS) is 50.2. The van der Waals surface area contributed by atoms with Crippen LogP contribution in [-0.2, 0) is 0 Å². The Morgan fingerprint density at radius 1 is 1.00 bits per heavy atom. The summed E-state index contributed by atoms with van der Waals surface area (Å²) < 4.78 is 0. The molecule has 4 atom stereocenters. The zero-order chi connectivity index (χ0) is 12.8. The largest absolute Gasteiger partial charge is 0.388 e. The number of fused-ring (bicyclic) bond motifs is 1. The molecule has 1 aliphatic carbocycles. The van der Waals surface area contributed by atoms with E-state index in [0.29, 0.717) is 12.0 Å². The van der Waals surface area contributed by atoms with Crippen LogP contribution in [0.3, 0.4) is 0 Å². The molecule has 2 heterocycles. The maximum Gasteiger partial charge on any atom is 0.0842 e. The summed E-state index contributed by atoms with van der Waals surface area (Å²) in [5.41, 5.74) is -0.358. The van der Waals surface area contributed by atoms with Crippen molar-refractivity contribution in [3.8, 4) is 0 Å². The van der Waals surface area contributed by atoms with Crippen LogP contribution in [0.25, 0.3) is 0 Å². The molecular weight excluding hydrogens is 222 g/mol. The lowest BCUT2D eigenvalue weighted by Gasteiger charge is -2.45. The number of rotatable bonds is 1. The van der Waals surface area contributed by atoms with Crippen LogP contribution in [0, 0.1) is 17.8 Å². The van der Waals surface area contributed by atoms with E-state index in [1.165, 1.54) is 45.1 Å². The van der Waals surface area contributed by atoms with Crippen molar-refractivity contribution < 1.29 is 5.11 Å². The van der Waals surface area contributed by atoms with Gasteiger partial charge in [-0.05, 0) is 62.8 Å². The molecule has 3 aliphatic rings. The molecule has 0 radical (unpaired) electrons. The van der Waals surface area contributed by atoms with Crippen molar-refractivity contribution in [3.63, 3.8) is 0 Å². The van der Waals surface area contributed by atoms with Gasteiger partial charge in [0.1, 0.15) is 0 Å². The summed E-state index contributed by atoms with van der Waals surface area (Å²) in [5, 5.41) is 11.3. The second-order valence-electron chi connectivity index (χ2n) is 7.40. The van der Waals surface area contributed by atoms with Crippen LogP contribution >= 0.6 is 0 Å². The molecule has 0 aromatic rings. The SMILES string of the molecule is CC1CC(C)CC(C2(O)CCN3CCCCC32)C1. The monoisotopic (exact) mass is 251 g/mol. The molecule has 2 nitrogen and oxygen atoms in total. The molecule has 1 N–H and O–H groups in total. The lowest BCUT2D eigenvalue weighted by molar-refractivity contribution is -0.0789. The Labute approximate surface area is 112 Å². The molecule has 0 spiro atoms. The zero-order valence-electron chi connectivity index (χ0n) is 12.1. The predicted octanol–water partition coefficient (Wildman–Crippen LogP) is 3.05. The fourth-order valence-electron chi connectivity index (χ4n) is 5.15. The summed E-state index contributed by atoms with van der Waals surface area (Å²) in [6.45, 7) is 7.12. The third kappa shape index (κ3) is 2.12. The van der Waals surface area contributed by atoms with E-state index in [1.807, 2.05) is 0 Å². The molecule has 1 saturated carbocycles. The van der Waals surface area contributed by atoms with Crippen molar-refractivity contribution in [2.24, 2.45) is 17.8 Å². The quantitative estimate of drug-likeness (QED) is 0.774. The molecular formula is C16H29NO. The Balaban J connectivity index is 1.77. The summed E-state index contributed by atoms with van der Waals surface area (Å²) in [4.78, 5) is 2.58. The Morgan fingerprint density at radius 3 is 2.44 bits per heavy atom. The third-order valence-corrected chi connectivity index (χ3v) is 5.88. The van der Waals surface area contributed by atoms with Gasteiger partial charge in [-0.2, -0.15) is 0 Å². The minimum Gasteiger partial charge on any atom is -0.388 e. The van der Waals surface area contributed by atoms with Crippen molar-refractivity contribution in [1.82, 2.24) is 4.90 Å². The topological polar surface area (TPSA) is 23.5 Å². The second kappa shape index (κ2) is 4.79. The van der Waals surface area contributed by atoms with Crippen LogP contribution in [0.5, 0.6) is 0 Å². The zero-order valence-corrected chi connectivity index (χ0v) is 12.1. The molecule has 0 amide bonds. The van der Waals surface area contributed by atoms with Crippen molar-refractivity contribution in [2.45, 2.75) is 70.4 Å². The molecule has 3 rings (SSSR count). The molecule has 18 heavy (non-hydrogen) atoms. The first-order valence-electron chi connectivity index (χ1n) is 8.06. The first-order chi connectivity index (χ1) is 8.59. The van der Waals surface area contributed by atoms with Gasteiger partial charge in [-0.25, -0.2) is 0 Å². The smallest absolute Gasteiger partial charge is 0.0842 e. The van der Waals surface area contributed by atoms with Crippen LogP contribution in [0.2, 0.25) is 0 Å². The van der Waals surface area contributed by atoms with Crippen LogP contribution in [0.1, 0.15) is 58.8 Å². The molecule has 2 saturated heterocycles. The fourth-order valence-corrected chi connectivity index (χ4v) is 5.15. The first-order valence-corrected chi connectivity index (χ1v) is 8.06. The second-order valence-corrected chi connectivity index (χ2v) is 7.40. The Morgan fingerprint density at radius 2 is 1.72 bits per heavy atom. The maximum absolute atomic E-state index is 11.3.